The quantitative estimate of drug-likeness (QED) is 0.576. The number of aryl methyl sites for hydroxylation is 1. The average molecular weight is 334 g/mol. The number of halogens is 1. The Balaban J connectivity index is 1.97. The molecule has 112 valence electrons. The van der Waals surface area contributed by atoms with Crippen molar-refractivity contribution in [3.8, 4) is 5.75 Å². The molecule has 4 nitrogen and oxygen atoms in total. The van der Waals surface area contributed by atoms with Gasteiger partial charge in [-0.15, -0.1) is 11.8 Å². The maximum atomic E-state index is 11.7. The highest BCUT2D eigenvalue weighted by Crippen LogP contribution is 2.32. The van der Waals surface area contributed by atoms with Gasteiger partial charge in [0.1, 0.15) is 11.3 Å². The van der Waals surface area contributed by atoms with Crippen molar-refractivity contribution in [2.45, 2.75) is 17.7 Å². The molecule has 0 fully saturated rings. The van der Waals surface area contributed by atoms with Crippen LogP contribution >= 0.6 is 23.4 Å². The van der Waals surface area contributed by atoms with Crippen LogP contribution in [0.4, 0.5) is 0 Å². The predicted octanol–water partition coefficient (Wildman–Crippen LogP) is 4.15. The third-order valence-corrected chi connectivity index (χ3v) is 4.45. The molecule has 0 aliphatic rings. The largest absolute Gasteiger partial charge is 0.506 e. The van der Waals surface area contributed by atoms with Crippen molar-refractivity contribution in [3.05, 3.63) is 63.1 Å². The van der Waals surface area contributed by atoms with Gasteiger partial charge in [0.25, 0.3) is 0 Å². The molecule has 0 atom stereocenters. The van der Waals surface area contributed by atoms with E-state index in [1.165, 1.54) is 23.9 Å². The van der Waals surface area contributed by atoms with Crippen LogP contribution in [0.5, 0.6) is 5.75 Å². The number of aromatic nitrogens is 1. The zero-order chi connectivity index (χ0) is 15.7. The molecule has 0 bridgehead atoms. The number of pyridine rings is 1. The highest BCUT2D eigenvalue weighted by atomic mass is 35.5. The minimum Gasteiger partial charge on any atom is -0.506 e. The van der Waals surface area contributed by atoms with Crippen molar-refractivity contribution in [3.63, 3.8) is 0 Å². The first-order valence-corrected chi connectivity index (χ1v) is 7.90. The Morgan fingerprint density at radius 3 is 2.86 bits per heavy atom. The number of fused-ring (bicyclic) bond motifs is 1. The summed E-state index contributed by atoms with van der Waals surface area (Å²) >= 11 is 7.46. The van der Waals surface area contributed by atoms with E-state index < -0.39 is 5.63 Å². The summed E-state index contributed by atoms with van der Waals surface area (Å²) in [6.45, 7) is 1.98. The number of phenolic OH excluding ortho intramolecular Hbond substituents is 1. The van der Waals surface area contributed by atoms with E-state index in [2.05, 4.69) is 4.98 Å². The van der Waals surface area contributed by atoms with Crippen molar-refractivity contribution in [2.75, 3.05) is 0 Å². The van der Waals surface area contributed by atoms with Crippen molar-refractivity contribution >= 4 is 34.3 Å². The molecule has 0 unspecified atom stereocenters. The highest BCUT2D eigenvalue weighted by Gasteiger charge is 2.10. The lowest BCUT2D eigenvalue weighted by atomic mass is 10.1. The third-order valence-electron chi connectivity index (χ3n) is 3.16. The summed E-state index contributed by atoms with van der Waals surface area (Å²) in [5.41, 5.74) is 1.75. The molecule has 3 aromatic rings. The van der Waals surface area contributed by atoms with Gasteiger partial charge in [-0.25, -0.2) is 9.78 Å². The van der Waals surface area contributed by atoms with Crippen LogP contribution in [-0.2, 0) is 5.75 Å². The molecule has 6 heteroatoms. The lowest BCUT2D eigenvalue weighted by Gasteiger charge is -2.06. The Hall–Kier alpha value is -1.98. The smallest absolute Gasteiger partial charge is 0.336 e. The van der Waals surface area contributed by atoms with E-state index in [0.29, 0.717) is 16.7 Å². The number of phenols is 1. The molecule has 0 aliphatic heterocycles. The molecular formula is C16H12ClNO3S. The second-order valence-electron chi connectivity index (χ2n) is 4.85. The fourth-order valence-electron chi connectivity index (χ4n) is 2.05. The number of thioether (sulfide) groups is 1. The molecule has 0 saturated carbocycles. The van der Waals surface area contributed by atoms with E-state index in [4.69, 9.17) is 16.0 Å². The van der Waals surface area contributed by atoms with Crippen molar-refractivity contribution in [2.24, 2.45) is 0 Å². The summed E-state index contributed by atoms with van der Waals surface area (Å²) in [5, 5.41) is 11.4. The highest BCUT2D eigenvalue weighted by molar-refractivity contribution is 7.98. The van der Waals surface area contributed by atoms with Gasteiger partial charge < -0.3 is 9.52 Å². The summed E-state index contributed by atoms with van der Waals surface area (Å²) < 4.78 is 5.11. The Morgan fingerprint density at radius 1 is 1.32 bits per heavy atom. The number of nitrogens with zero attached hydrogens (tertiary/aromatic N) is 1. The maximum Gasteiger partial charge on any atom is 0.336 e. The summed E-state index contributed by atoms with van der Waals surface area (Å²) in [5.74, 6) is 0.446. The third kappa shape index (κ3) is 3.10. The zero-order valence-corrected chi connectivity index (χ0v) is 13.2. The maximum absolute atomic E-state index is 11.7. The van der Waals surface area contributed by atoms with Gasteiger partial charge in [-0.3, -0.25) is 0 Å². The van der Waals surface area contributed by atoms with Gasteiger partial charge in [0, 0.05) is 29.5 Å². The standard InChI is InChI=1S/C16H12ClNO3S/c1-9-2-3-15(18-7-9)22-8-10-4-16(20)21-14-6-13(19)12(17)5-11(10)14/h2-7,19H,8H2,1H3. The first kappa shape index (κ1) is 14.9. The second-order valence-corrected chi connectivity index (χ2v) is 6.26. The van der Waals surface area contributed by atoms with Gasteiger partial charge in [-0.2, -0.15) is 0 Å². The monoisotopic (exact) mass is 333 g/mol. The fourth-order valence-corrected chi connectivity index (χ4v) is 3.04. The minimum absolute atomic E-state index is 0.109. The van der Waals surface area contributed by atoms with E-state index in [0.717, 1.165) is 16.2 Å². The molecule has 1 N–H and O–H groups in total. The van der Waals surface area contributed by atoms with Crippen LogP contribution in [0.25, 0.3) is 11.0 Å². The summed E-state index contributed by atoms with van der Waals surface area (Å²) in [7, 11) is 0. The summed E-state index contributed by atoms with van der Waals surface area (Å²) in [6, 6.07) is 8.33. The molecule has 0 aliphatic carbocycles. The predicted molar refractivity (Wildman–Crippen MR) is 87.7 cm³/mol. The molecule has 2 heterocycles. The topological polar surface area (TPSA) is 63.3 Å². The van der Waals surface area contributed by atoms with Gasteiger partial charge in [0.15, 0.2) is 0 Å². The average Bonchev–Trinajstić information content (AvgIpc) is 2.48. The Kier molecular flexibility index (Phi) is 4.09. The Labute approximate surface area is 135 Å². The lowest BCUT2D eigenvalue weighted by molar-refractivity contribution is 0.473. The Morgan fingerprint density at radius 2 is 2.14 bits per heavy atom. The normalized spacial score (nSPS) is 11.0. The van der Waals surface area contributed by atoms with Crippen LogP contribution in [0.2, 0.25) is 5.02 Å². The number of aromatic hydroxyl groups is 1. The van der Waals surface area contributed by atoms with Crippen LogP contribution in [0.1, 0.15) is 11.1 Å². The van der Waals surface area contributed by atoms with E-state index >= 15 is 0 Å². The first-order valence-electron chi connectivity index (χ1n) is 6.53. The van der Waals surface area contributed by atoms with Crippen LogP contribution in [0.15, 0.2) is 50.8 Å². The van der Waals surface area contributed by atoms with Gasteiger partial charge in [-0.05, 0) is 30.2 Å². The van der Waals surface area contributed by atoms with E-state index in [-0.39, 0.29) is 10.8 Å². The number of rotatable bonds is 3. The first-order chi connectivity index (χ1) is 10.5. The molecule has 1 aromatic carbocycles. The summed E-state index contributed by atoms with van der Waals surface area (Å²) in [4.78, 5) is 16.0. The van der Waals surface area contributed by atoms with Crippen LogP contribution in [0, 0.1) is 6.92 Å². The van der Waals surface area contributed by atoms with Crippen molar-refractivity contribution < 1.29 is 9.52 Å². The second kappa shape index (κ2) is 6.02. The van der Waals surface area contributed by atoms with Crippen molar-refractivity contribution in [1.29, 1.82) is 0 Å². The van der Waals surface area contributed by atoms with Crippen LogP contribution in [-0.4, -0.2) is 10.1 Å². The van der Waals surface area contributed by atoms with Gasteiger partial charge in [-0.1, -0.05) is 17.7 Å². The van der Waals surface area contributed by atoms with Gasteiger partial charge >= 0.3 is 5.63 Å². The van der Waals surface area contributed by atoms with Crippen molar-refractivity contribution in [1.82, 2.24) is 4.98 Å². The molecule has 0 amide bonds. The van der Waals surface area contributed by atoms with Gasteiger partial charge in [0.05, 0.1) is 10.0 Å². The SMILES string of the molecule is Cc1ccc(SCc2cc(=O)oc3cc(O)c(Cl)cc23)nc1. The molecule has 0 spiro atoms. The molecule has 0 radical (unpaired) electrons. The fraction of sp³-hybridized carbons (Fsp3) is 0.125. The number of hydrogen-bond donors (Lipinski definition) is 1. The van der Waals surface area contributed by atoms with Crippen LogP contribution < -0.4 is 5.63 Å². The van der Waals surface area contributed by atoms with E-state index in [9.17, 15) is 9.90 Å². The molecule has 3 rings (SSSR count). The molecule has 0 saturated heterocycles. The molecular weight excluding hydrogens is 322 g/mol. The number of benzene rings is 1. The zero-order valence-electron chi connectivity index (χ0n) is 11.7. The van der Waals surface area contributed by atoms with E-state index in [1.807, 2.05) is 19.1 Å². The molecule has 2 aromatic heterocycles. The lowest BCUT2D eigenvalue weighted by Crippen LogP contribution is -2.00. The number of hydrogen-bond acceptors (Lipinski definition) is 5. The van der Waals surface area contributed by atoms with Gasteiger partial charge in [0.2, 0.25) is 0 Å². The molecule has 22 heavy (non-hydrogen) atoms. The minimum atomic E-state index is -0.457. The Bertz CT molecular complexity index is 890. The van der Waals surface area contributed by atoms with E-state index in [1.54, 1.807) is 12.3 Å². The summed E-state index contributed by atoms with van der Waals surface area (Å²) in [6.07, 6.45) is 1.80. The van der Waals surface area contributed by atoms with Crippen LogP contribution in [0.3, 0.4) is 0 Å².